The van der Waals surface area contributed by atoms with Crippen LogP contribution in [0.5, 0.6) is 0 Å². The highest BCUT2D eigenvalue weighted by Crippen LogP contribution is 2.10. The molecule has 0 rings (SSSR count). The number of halogens is 1. The Bertz CT molecular complexity index is 232. The first-order chi connectivity index (χ1) is 8.68. The van der Waals surface area contributed by atoms with Crippen LogP contribution in [-0.4, -0.2) is 17.7 Å². The van der Waals surface area contributed by atoms with Crippen LogP contribution in [-0.2, 0) is 9.53 Å². The highest BCUT2D eigenvalue weighted by molar-refractivity contribution is 7.81. The maximum Gasteiger partial charge on any atom is 0.378 e. The summed E-state index contributed by atoms with van der Waals surface area (Å²) >= 11 is 4.06. The lowest BCUT2D eigenvalue weighted by atomic mass is 10.1. The fourth-order valence-corrected chi connectivity index (χ4v) is 1.87. The Hall–Kier alpha value is -0.510. The molecule has 2 nitrogen and oxygen atoms in total. The lowest BCUT2D eigenvalue weighted by Crippen LogP contribution is -2.11. The molecular formula is C14H25FO2S. The van der Waals surface area contributed by atoms with Gasteiger partial charge in [0, 0.05) is 0 Å². The van der Waals surface area contributed by atoms with Gasteiger partial charge in [0.05, 0.1) is 6.61 Å². The van der Waals surface area contributed by atoms with Crippen molar-refractivity contribution in [2.75, 3.05) is 6.61 Å². The van der Waals surface area contributed by atoms with Gasteiger partial charge in [-0.1, -0.05) is 64.7 Å². The molecule has 0 aromatic heterocycles. The molecule has 0 heterocycles. The molecule has 0 spiro atoms. The third-order valence-corrected chi connectivity index (χ3v) is 3.06. The summed E-state index contributed by atoms with van der Waals surface area (Å²) in [6.45, 7) is 2.50. The number of esters is 1. The molecule has 4 heteroatoms. The normalized spacial score (nSPS) is 10.3. The van der Waals surface area contributed by atoms with Crippen molar-refractivity contribution in [3.8, 4) is 0 Å². The Morgan fingerprint density at radius 2 is 1.39 bits per heavy atom. The summed E-state index contributed by atoms with van der Waals surface area (Å²) in [5, 5.41) is -1.18. The van der Waals surface area contributed by atoms with Gasteiger partial charge in [0.2, 0.25) is 0 Å². The Balaban J connectivity index is 3.07. The summed E-state index contributed by atoms with van der Waals surface area (Å²) in [7, 11) is 0. The second kappa shape index (κ2) is 12.9. The van der Waals surface area contributed by atoms with Crippen LogP contribution in [0.2, 0.25) is 0 Å². The molecule has 0 N–H and O–H groups in total. The van der Waals surface area contributed by atoms with Gasteiger partial charge in [-0.15, -0.1) is 0 Å². The van der Waals surface area contributed by atoms with E-state index in [9.17, 15) is 9.18 Å². The fraction of sp³-hybridized carbons (Fsp3) is 0.857. The van der Waals surface area contributed by atoms with Gasteiger partial charge in [0.1, 0.15) is 0 Å². The SMILES string of the molecule is CCCCCCCCCCCCOC(=O)C(F)=S. The van der Waals surface area contributed by atoms with E-state index in [4.69, 9.17) is 0 Å². The number of thiocarbonyl (C=S) groups is 1. The topological polar surface area (TPSA) is 26.3 Å². The summed E-state index contributed by atoms with van der Waals surface area (Å²) in [4.78, 5) is 10.7. The number of hydrogen-bond donors (Lipinski definition) is 0. The van der Waals surface area contributed by atoms with Crippen molar-refractivity contribution in [1.82, 2.24) is 0 Å². The number of unbranched alkanes of at least 4 members (excludes halogenated alkanes) is 9. The molecule has 0 fully saturated rings. The van der Waals surface area contributed by atoms with Crippen molar-refractivity contribution in [2.45, 2.75) is 71.1 Å². The summed E-state index contributed by atoms with van der Waals surface area (Å²) < 4.78 is 16.8. The van der Waals surface area contributed by atoms with E-state index >= 15 is 0 Å². The lowest BCUT2D eigenvalue weighted by Gasteiger charge is -2.03. The van der Waals surface area contributed by atoms with Gasteiger partial charge >= 0.3 is 5.97 Å². The molecule has 106 valence electrons. The van der Waals surface area contributed by atoms with Crippen molar-refractivity contribution in [2.24, 2.45) is 0 Å². The van der Waals surface area contributed by atoms with E-state index in [2.05, 4.69) is 23.9 Å². The van der Waals surface area contributed by atoms with E-state index < -0.39 is 11.1 Å². The number of carbonyl (C=O) groups excluding carboxylic acids is 1. The van der Waals surface area contributed by atoms with E-state index in [1.54, 1.807) is 0 Å². The average Bonchev–Trinajstić information content (AvgIpc) is 2.35. The standard InChI is InChI=1S/C14H25FO2S/c1-2-3-4-5-6-7-8-9-10-11-12-17-14(16)13(15)18/h2-12H2,1H3. The molecule has 0 bridgehead atoms. The quantitative estimate of drug-likeness (QED) is 0.223. The second-order valence-corrected chi connectivity index (χ2v) is 4.95. The highest BCUT2D eigenvalue weighted by Gasteiger charge is 2.07. The maximum atomic E-state index is 12.2. The van der Waals surface area contributed by atoms with Gasteiger partial charge < -0.3 is 4.74 Å². The van der Waals surface area contributed by atoms with Crippen LogP contribution in [0.15, 0.2) is 0 Å². The first-order valence-electron chi connectivity index (χ1n) is 7.05. The molecule has 0 aliphatic heterocycles. The van der Waals surface area contributed by atoms with Gasteiger partial charge in [-0.2, -0.15) is 4.39 Å². The van der Waals surface area contributed by atoms with Crippen molar-refractivity contribution in [3.05, 3.63) is 0 Å². The zero-order valence-electron chi connectivity index (χ0n) is 11.4. The third-order valence-electron chi connectivity index (χ3n) is 2.89. The average molecular weight is 276 g/mol. The molecule has 0 saturated carbocycles. The summed E-state index contributed by atoms with van der Waals surface area (Å²) in [6, 6.07) is 0. The zero-order chi connectivity index (χ0) is 13.6. The van der Waals surface area contributed by atoms with Crippen LogP contribution in [0, 0.1) is 0 Å². The minimum absolute atomic E-state index is 0.277. The van der Waals surface area contributed by atoms with Gasteiger partial charge in [0.25, 0.3) is 5.12 Å². The van der Waals surface area contributed by atoms with Crippen molar-refractivity contribution < 1.29 is 13.9 Å². The Kier molecular flexibility index (Phi) is 12.6. The second-order valence-electron chi connectivity index (χ2n) is 4.59. The third kappa shape index (κ3) is 12.0. The van der Waals surface area contributed by atoms with E-state index in [1.165, 1.54) is 44.9 Å². The first-order valence-corrected chi connectivity index (χ1v) is 7.46. The molecule has 0 aliphatic rings. The monoisotopic (exact) mass is 276 g/mol. The van der Waals surface area contributed by atoms with Gasteiger partial charge in [-0.25, -0.2) is 4.79 Å². The van der Waals surface area contributed by atoms with Crippen molar-refractivity contribution in [3.63, 3.8) is 0 Å². The van der Waals surface area contributed by atoms with Crippen LogP contribution in [0.3, 0.4) is 0 Å². The molecule has 0 aromatic carbocycles. The van der Waals surface area contributed by atoms with Crippen molar-refractivity contribution in [1.29, 1.82) is 0 Å². The minimum atomic E-state index is -1.18. The predicted octanol–water partition coefficient (Wildman–Crippen LogP) is 4.75. The number of rotatable bonds is 12. The summed E-state index contributed by atoms with van der Waals surface area (Å²) in [6.07, 6.45) is 12.2. The number of ether oxygens (including phenoxy) is 1. The van der Waals surface area contributed by atoms with Gasteiger partial charge in [-0.05, 0) is 18.6 Å². The molecule has 18 heavy (non-hydrogen) atoms. The van der Waals surface area contributed by atoms with Crippen LogP contribution in [0.25, 0.3) is 0 Å². The number of hydrogen-bond acceptors (Lipinski definition) is 3. The van der Waals surface area contributed by atoms with E-state index in [0.29, 0.717) is 0 Å². The van der Waals surface area contributed by atoms with Gasteiger partial charge in [-0.3, -0.25) is 0 Å². The molecule has 0 aromatic rings. The zero-order valence-corrected chi connectivity index (χ0v) is 12.2. The maximum absolute atomic E-state index is 12.2. The molecule has 0 radical (unpaired) electrons. The van der Waals surface area contributed by atoms with Crippen molar-refractivity contribution >= 4 is 23.3 Å². The van der Waals surface area contributed by atoms with E-state index in [0.717, 1.165) is 19.3 Å². The summed E-state index contributed by atoms with van der Waals surface area (Å²) in [5.41, 5.74) is 0. The predicted molar refractivity (Wildman–Crippen MR) is 76.5 cm³/mol. The molecule has 0 amide bonds. The molecule has 0 atom stereocenters. The molecule has 0 unspecified atom stereocenters. The highest BCUT2D eigenvalue weighted by atomic mass is 32.1. The molecular weight excluding hydrogens is 251 g/mol. The molecule has 0 aliphatic carbocycles. The Morgan fingerprint density at radius 1 is 0.944 bits per heavy atom. The molecule has 0 saturated heterocycles. The summed E-state index contributed by atoms with van der Waals surface area (Å²) in [5.74, 6) is -0.999. The van der Waals surface area contributed by atoms with E-state index in [-0.39, 0.29) is 6.61 Å². The minimum Gasteiger partial charge on any atom is -0.460 e. The smallest absolute Gasteiger partial charge is 0.378 e. The van der Waals surface area contributed by atoms with Gasteiger partial charge in [0.15, 0.2) is 0 Å². The fourth-order valence-electron chi connectivity index (χ4n) is 1.81. The Labute approximate surface area is 115 Å². The van der Waals surface area contributed by atoms with Crippen LogP contribution >= 0.6 is 12.2 Å². The largest absolute Gasteiger partial charge is 0.460 e. The Morgan fingerprint density at radius 3 is 1.83 bits per heavy atom. The van der Waals surface area contributed by atoms with Crippen LogP contribution in [0.4, 0.5) is 4.39 Å². The van der Waals surface area contributed by atoms with E-state index in [1.807, 2.05) is 0 Å². The number of carbonyl (C=O) groups is 1. The van der Waals surface area contributed by atoms with Crippen LogP contribution in [0.1, 0.15) is 71.1 Å². The first kappa shape index (κ1) is 17.5. The van der Waals surface area contributed by atoms with Crippen LogP contribution < -0.4 is 0 Å². The lowest BCUT2D eigenvalue weighted by molar-refractivity contribution is -0.136.